The summed E-state index contributed by atoms with van der Waals surface area (Å²) >= 11 is 0. The van der Waals surface area contributed by atoms with Gasteiger partial charge in [0.05, 0.1) is 12.2 Å². The molecule has 140 valence electrons. The number of carbonyl (C=O) groups is 1. The molecule has 4 aromatic rings. The Morgan fingerprint density at radius 2 is 1.89 bits per heavy atom. The van der Waals surface area contributed by atoms with Crippen LogP contribution in [0.5, 0.6) is 5.75 Å². The first-order valence-electron chi connectivity index (χ1n) is 9.19. The molecule has 0 N–H and O–H groups in total. The summed E-state index contributed by atoms with van der Waals surface area (Å²) in [7, 11) is 0. The van der Waals surface area contributed by atoms with Crippen molar-refractivity contribution in [3.05, 3.63) is 83.8 Å². The van der Waals surface area contributed by atoms with Crippen LogP contribution in [0.1, 0.15) is 27.9 Å². The summed E-state index contributed by atoms with van der Waals surface area (Å²) in [5.41, 5.74) is 1.60. The highest BCUT2D eigenvalue weighted by Gasteiger charge is 2.28. The van der Waals surface area contributed by atoms with Crippen LogP contribution in [0.4, 0.5) is 0 Å². The molecule has 2 aromatic heterocycles. The number of amides is 1. The van der Waals surface area contributed by atoms with Crippen molar-refractivity contribution in [3.8, 4) is 5.75 Å². The molecule has 6 heteroatoms. The molecule has 0 aliphatic carbocycles. The molecule has 0 saturated carbocycles. The second-order valence-corrected chi connectivity index (χ2v) is 6.70. The molecule has 0 bridgehead atoms. The number of carbonyl (C=O) groups excluding carboxylic acids is 1. The maximum absolute atomic E-state index is 12.8. The van der Waals surface area contributed by atoms with Crippen molar-refractivity contribution in [2.24, 2.45) is 0 Å². The molecule has 0 radical (unpaired) electrons. The van der Waals surface area contributed by atoms with E-state index in [4.69, 9.17) is 13.6 Å². The third kappa shape index (κ3) is 3.13. The van der Waals surface area contributed by atoms with E-state index in [1.54, 1.807) is 11.0 Å². The quantitative estimate of drug-likeness (QED) is 0.535. The molecule has 0 fully saturated rings. The lowest BCUT2D eigenvalue weighted by atomic mass is 10.1. The Bertz CT molecular complexity index is 1100. The van der Waals surface area contributed by atoms with Crippen LogP contribution in [0.3, 0.4) is 0 Å². The minimum atomic E-state index is -0.139. The molecular formula is C22H18N2O4. The molecular weight excluding hydrogens is 356 g/mol. The Labute approximate surface area is 161 Å². The molecule has 28 heavy (non-hydrogen) atoms. The number of rotatable bonds is 4. The highest BCUT2D eigenvalue weighted by Crippen LogP contribution is 2.25. The Morgan fingerprint density at radius 3 is 2.75 bits per heavy atom. The fourth-order valence-corrected chi connectivity index (χ4v) is 3.39. The summed E-state index contributed by atoms with van der Waals surface area (Å²) in [5, 5.41) is 0.920. The zero-order chi connectivity index (χ0) is 18.9. The summed E-state index contributed by atoms with van der Waals surface area (Å²) in [5.74, 6) is 2.20. The normalized spacial score (nSPS) is 13.5. The maximum Gasteiger partial charge on any atom is 0.290 e. The molecule has 3 heterocycles. The number of hydrogen-bond acceptors (Lipinski definition) is 5. The Hall–Kier alpha value is -3.54. The van der Waals surface area contributed by atoms with E-state index in [0.29, 0.717) is 42.5 Å². The monoisotopic (exact) mass is 374 g/mol. The van der Waals surface area contributed by atoms with Crippen molar-refractivity contribution < 1.29 is 18.4 Å². The van der Waals surface area contributed by atoms with Crippen molar-refractivity contribution in [2.75, 3.05) is 6.54 Å². The van der Waals surface area contributed by atoms with Crippen molar-refractivity contribution in [1.82, 2.24) is 9.88 Å². The number of fused-ring (bicyclic) bond motifs is 2. The summed E-state index contributed by atoms with van der Waals surface area (Å²) in [4.78, 5) is 19.1. The van der Waals surface area contributed by atoms with Crippen LogP contribution in [0.25, 0.3) is 11.0 Å². The molecule has 0 atom stereocenters. The first kappa shape index (κ1) is 16.6. The van der Waals surface area contributed by atoms with Gasteiger partial charge in [-0.1, -0.05) is 36.4 Å². The third-order valence-corrected chi connectivity index (χ3v) is 4.80. The summed E-state index contributed by atoms with van der Waals surface area (Å²) in [6.45, 7) is 1.21. The van der Waals surface area contributed by atoms with Crippen LogP contribution in [0, 0.1) is 0 Å². The lowest BCUT2D eigenvalue weighted by Crippen LogP contribution is -2.35. The topological polar surface area (TPSA) is 68.7 Å². The Kier molecular flexibility index (Phi) is 4.09. The van der Waals surface area contributed by atoms with Gasteiger partial charge in [-0.2, -0.15) is 0 Å². The molecule has 2 aromatic carbocycles. The number of para-hydroxylation sites is 2. The van der Waals surface area contributed by atoms with Crippen molar-refractivity contribution in [1.29, 1.82) is 0 Å². The minimum absolute atomic E-state index is 0.139. The van der Waals surface area contributed by atoms with E-state index in [-0.39, 0.29) is 12.5 Å². The molecule has 1 amide bonds. The maximum atomic E-state index is 12.8. The number of oxazole rings is 1. The van der Waals surface area contributed by atoms with E-state index < -0.39 is 0 Å². The number of hydrogen-bond donors (Lipinski definition) is 0. The average Bonchev–Trinajstić information content (AvgIpc) is 3.35. The van der Waals surface area contributed by atoms with Gasteiger partial charge < -0.3 is 18.5 Å². The zero-order valence-corrected chi connectivity index (χ0v) is 15.1. The van der Waals surface area contributed by atoms with Gasteiger partial charge in [-0.05, 0) is 24.3 Å². The second kappa shape index (κ2) is 6.88. The van der Waals surface area contributed by atoms with E-state index in [2.05, 4.69) is 4.98 Å². The molecule has 1 aliphatic rings. The second-order valence-electron chi connectivity index (χ2n) is 6.70. The van der Waals surface area contributed by atoms with E-state index >= 15 is 0 Å². The van der Waals surface area contributed by atoms with Crippen molar-refractivity contribution in [2.45, 2.75) is 19.6 Å². The molecule has 0 saturated heterocycles. The van der Waals surface area contributed by atoms with Crippen LogP contribution in [0.2, 0.25) is 0 Å². The largest absolute Gasteiger partial charge is 0.484 e. The molecule has 1 aliphatic heterocycles. The number of aromatic nitrogens is 1. The molecule has 5 rings (SSSR count). The predicted octanol–water partition coefficient (Wildman–Crippen LogP) is 4.20. The van der Waals surface area contributed by atoms with Crippen LogP contribution in [0.15, 0.2) is 69.5 Å². The third-order valence-electron chi connectivity index (χ3n) is 4.80. The van der Waals surface area contributed by atoms with Gasteiger partial charge in [-0.15, -0.1) is 0 Å². The first-order chi connectivity index (χ1) is 13.8. The van der Waals surface area contributed by atoms with Gasteiger partial charge in [0.15, 0.2) is 12.4 Å². The smallest absolute Gasteiger partial charge is 0.290 e. The highest BCUT2D eigenvalue weighted by atomic mass is 16.5. The molecule has 0 unspecified atom stereocenters. The Balaban J connectivity index is 1.29. The number of furan rings is 1. The van der Waals surface area contributed by atoms with Gasteiger partial charge in [0.2, 0.25) is 5.89 Å². The summed E-state index contributed by atoms with van der Waals surface area (Å²) in [6, 6.07) is 18.9. The predicted molar refractivity (Wildman–Crippen MR) is 102 cm³/mol. The van der Waals surface area contributed by atoms with Gasteiger partial charge in [-0.3, -0.25) is 4.79 Å². The fourth-order valence-electron chi connectivity index (χ4n) is 3.39. The van der Waals surface area contributed by atoms with E-state index in [0.717, 1.165) is 16.8 Å². The standard InChI is InChI=1S/C22H18N2O4/c25-22(19-12-15-6-4-5-9-18(15)27-19)24-11-10-17-20(13-24)28-21(23-17)14-26-16-7-2-1-3-8-16/h1-9,12H,10-11,13-14H2. The summed E-state index contributed by atoms with van der Waals surface area (Å²) < 4.78 is 17.2. The van der Waals surface area contributed by atoms with Crippen LogP contribution in [-0.2, 0) is 19.6 Å². The molecule has 0 spiro atoms. The number of nitrogens with zero attached hydrogens (tertiary/aromatic N) is 2. The molecule has 6 nitrogen and oxygen atoms in total. The van der Waals surface area contributed by atoms with Gasteiger partial charge in [0.25, 0.3) is 5.91 Å². The van der Waals surface area contributed by atoms with Gasteiger partial charge in [0.1, 0.15) is 17.1 Å². The highest BCUT2D eigenvalue weighted by molar-refractivity contribution is 5.96. The van der Waals surface area contributed by atoms with E-state index in [9.17, 15) is 4.79 Å². The lowest BCUT2D eigenvalue weighted by Gasteiger charge is -2.24. The van der Waals surface area contributed by atoms with Gasteiger partial charge in [-0.25, -0.2) is 4.98 Å². The Morgan fingerprint density at radius 1 is 1.07 bits per heavy atom. The van der Waals surface area contributed by atoms with Crippen LogP contribution >= 0.6 is 0 Å². The zero-order valence-electron chi connectivity index (χ0n) is 15.1. The number of ether oxygens (including phenoxy) is 1. The van der Waals surface area contributed by atoms with E-state index in [1.165, 1.54) is 0 Å². The van der Waals surface area contributed by atoms with Gasteiger partial charge in [0, 0.05) is 18.4 Å². The SMILES string of the molecule is O=C(c1cc2ccccc2o1)N1CCc2nc(COc3ccccc3)oc2C1. The van der Waals surface area contributed by atoms with Crippen LogP contribution < -0.4 is 4.74 Å². The van der Waals surface area contributed by atoms with Gasteiger partial charge >= 0.3 is 0 Å². The van der Waals surface area contributed by atoms with Crippen molar-refractivity contribution >= 4 is 16.9 Å². The van der Waals surface area contributed by atoms with Crippen molar-refractivity contribution in [3.63, 3.8) is 0 Å². The first-order valence-corrected chi connectivity index (χ1v) is 9.19. The van der Waals surface area contributed by atoms with Crippen LogP contribution in [-0.4, -0.2) is 22.3 Å². The van der Waals surface area contributed by atoms with E-state index in [1.807, 2.05) is 54.6 Å². The summed E-state index contributed by atoms with van der Waals surface area (Å²) in [6.07, 6.45) is 0.649. The fraction of sp³-hybridized carbons (Fsp3) is 0.182. The lowest BCUT2D eigenvalue weighted by molar-refractivity contribution is 0.0688. The number of benzene rings is 2. The average molecular weight is 374 g/mol. The minimum Gasteiger partial charge on any atom is -0.484 e.